The predicted octanol–water partition coefficient (Wildman–Crippen LogP) is 2.16. The van der Waals surface area contributed by atoms with E-state index in [0.29, 0.717) is 35.4 Å². The Hall–Kier alpha value is -4.13. The fourth-order valence-corrected chi connectivity index (χ4v) is 6.84. The van der Waals surface area contributed by atoms with E-state index in [4.69, 9.17) is 14.0 Å². The van der Waals surface area contributed by atoms with E-state index in [1.807, 2.05) is 19.0 Å². The summed E-state index contributed by atoms with van der Waals surface area (Å²) >= 11 is 0. The fourth-order valence-electron chi connectivity index (χ4n) is 5.38. The van der Waals surface area contributed by atoms with Gasteiger partial charge >= 0.3 is 0 Å². The van der Waals surface area contributed by atoms with Crippen LogP contribution in [0.5, 0.6) is 5.75 Å². The first-order valence-corrected chi connectivity index (χ1v) is 17.4. The number of hydrogen-bond donors (Lipinski definition) is 3. The Bertz CT molecular complexity index is 2040. The Balaban J connectivity index is 1.59. The molecule has 17 heteroatoms. The average molecular weight is 676 g/mol. The molecule has 1 atom stereocenters. The largest absolute Gasteiger partial charge is 0.492 e. The van der Waals surface area contributed by atoms with Gasteiger partial charge in [0.1, 0.15) is 18.1 Å². The molecular formula is C29H33N5O10S2. The number of aliphatic hydroxyl groups excluding tert-OH is 1. The summed E-state index contributed by atoms with van der Waals surface area (Å²) in [6, 6.07) is 11.9. The summed E-state index contributed by atoms with van der Waals surface area (Å²) < 4.78 is 62.4. The molecule has 1 amide bonds. The Labute approximate surface area is 265 Å². The highest BCUT2D eigenvalue weighted by Crippen LogP contribution is 2.46. The molecule has 0 radical (unpaired) electrons. The number of H-pyrrole nitrogens is 1. The van der Waals surface area contributed by atoms with E-state index in [2.05, 4.69) is 9.71 Å². The number of anilines is 1. The molecule has 2 heterocycles. The number of sulfonamides is 1. The summed E-state index contributed by atoms with van der Waals surface area (Å²) in [5, 5.41) is 22.3. The Morgan fingerprint density at radius 1 is 1.13 bits per heavy atom. The average Bonchev–Trinajstić information content (AvgIpc) is 3.59. The van der Waals surface area contributed by atoms with Gasteiger partial charge in [0, 0.05) is 42.5 Å². The molecule has 46 heavy (non-hydrogen) atoms. The monoisotopic (exact) mass is 675 g/mol. The van der Waals surface area contributed by atoms with E-state index in [1.54, 1.807) is 24.3 Å². The van der Waals surface area contributed by atoms with Gasteiger partial charge in [-0.25, -0.2) is 13.1 Å². The van der Waals surface area contributed by atoms with Crippen molar-refractivity contribution in [3.05, 3.63) is 69.9 Å². The molecule has 1 aliphatic rings. The molecule has 0 bridgehead atoms. The van der Waals surface area contributed by atoms with Crippen molar-refractivity contribution in [2.45, 2.75) is 10.8 Å². The lowest BCUT2D eigenvalue weighted by molar-refractivity contribution is -0.383. The zero-order valence-electron chi connectivity index (χ0n) is 25.2. The third kappa shape index (κ3) is 6.98. The minimum atomic E-state index is -4.12. The van der Waals surface area contributed by atoms with Crippen molar-refractivity contribution >= 4 is 59.1 Å². The molecule has 0 saturated heterocycles. The number of aromatic nitrogens is 1. The summed E-state index contributed by atoms with van der Waals surface area (Å²) in [5.41, 5.74) is 0.971. The molecule has 1 aliphatic heterocycles. The van der Waals surface area contributed by atoms with Gasteiger partial charge in [0.25, 0.3) is 21.7 Å². The predicted molar refractivity (Wildman–Crippen MR) is 170 cm³/mol. The molecule has 1 unspecified atom stereocenters. The number of carbonyl (C=O) groups excluding carboxylic acids is 1. The van der Waals surface area contributed by atoms with Crippen LogP contribution in [0.15, 0.2) is 53.4 Å². The number of nitrogens with one attached hydrogen (secondary N) is 2. The highest BCUT2D eigenvalue weighted by atomic mass is 32.2. The van der Waals surface area contributed by atoms with E-state index in [1.165, 1.54) is 23.1 Å². The molecule has 0 spiro atoms. The van der Waals surface area contributed by atoms with Crippen LogP contribution in [0.1, 0.15) is 22.0 Å². The highest BCUT2D eigenvalue weighted by molar-refractivity contribution is 7.89. The Morgan fingerprint density at radius 2 is 1.89 bits per heavy atom. The van der Waals surface area contributed by atoms with E-state index in [-0.39, 0.29) is 46.7 Å². The van der Waals surface area contributed by atoms with Crippen molar-refractivity contribution in [2.24, 2.45) is 0 Å². The number of aromatic amines is 1. The van der Waals surface area contributed by atoms with Crippen LogP contribution in [0.25, 0.3) is 21.7 Å². The summed E-state index contributed by atoms with van der Waals surface area (Å²) in [6.45, 7) is 0.0521. The lowest BCUT2D eigenvalue weighted by Crippen LogP contribution is -2.31. The van der Waals surface area contributed by atoms with E-state index in [0.717, 1.165) is 12.3 Å². The second kappa shape index (κ2) is 12.9. The summed E-state index contributed by atoms with van der Waals surface area (Å²) in [7, 11) is -4.14. The van der Waals surface area contributed by atoms with E-state index < -0.39 is 49.2 Å². The third-order valence-corrected chi connectivity index (χ3v) is 9.50. The molecule has 4 aromatic rings. The van der Waals surface area contributed by atoms with Gasteiger partial charge in [-0.3, -0.25) is 19.1 Å². The first kappa shape index (κ1) is 33.2. The van der Waals surface area contributed by atoms with Gasteiger partial charge in [-0.2, -0.15) is 8.42 Å². The summed E-state index contributed by atoms with van der Waals surface area (Å²) in [6.07, 6.45) is 0.888. The topological polar surface area (TPSA) is 201 Å². The fraction of sp³-hybridized carbons (Fsp3) is 0.345. The number of ether oxygens (including phenoxy) is 1. The zero-order valence-corrected chi connectivity index (χ0v) is 26.9. The normalized spacial score (nSPS) is 15.2. The number of nitrogens with zero attached hydrogens (tertiary/aromatic N) is 3. The lowest BCUT2D eigenvalue weighted by Gasteiger charge is -2.17. The van der Waals surface area contributed by atoms with Crippen molar-refractivity contribution in [3.63, 3.8) is 0 Å². The number of benzene rings is 3. The van der Waals surface area contributed by atoms with Gasteiger partial charge < -0.3 is 24.6 Å². The number of carbonyl (C=O) groups is 1. The maximum atomic E-state index is 14.0. The zero-order chi connectivity index (χ0) is 33.4. The van der Waals surface area contributed by atoms with Crippen molar-refractivity contribution in [1.29, 1.82) is 0 Å². The van der Waals surface area contributed by atoms with Crippen molar-refractivity contribution < 1.29 is 40.6 Å². The van der Waals surface area contributed by atoms with Crippen LogP contribution >= 0.6 is 0 Å². The number of hydrogen-bond acceptors (Lipinski definition) is 11. The van der Waals surface area contributed by atoms with Gasteiger partial charge in [-0.05, 0) is 61.4 Å². The van der Waals surface area contributed by atoms with E-state index in [9.17, 15) is 31.7 Å². The van der Waals surface area contributed by atoms with Gasteiger partial charge in [-0.1, -0.05) is 6.07 Å². The number of amides is 1. The second-order valence-electron chi connectivity index (χ2n) is 11.1. The molecular weight excluding hydrogens is 642 g/mol. The van der Waals surface area contributed by atoms with Crippen LogP contribution < -0.4 is 14.4 Å². The maximum Gasteiger partial charge on any atom is 0.279 e. The molecule has 5 rings (SSSR count). The quantitative estimate of drug-likeness (QED) is 0.107. The number of non-ortho nitro benzene ring substituents is 1. The Kier molecular flexibility index (Phi) is 9.35. The molecule has 246 valence electrons. The van der Waals surface area contributed by atoms with Crippen LogP contribution in [-0.4, -0.2) is 102 Å². The number of nitro groups is 1. The standard InChI is InChI=1S/C29H33N5O10S2/c1-32(2)9-11-43-20-4-7-24-18(12-20)13-25(31-24)29(36)33-16-19(17-44-45(3,39)40)28-22-6-5-21(46(41,42)30-8-10-35)14-23(22)26(34(37)38)15-27(28)33/h4-7,12-15,19,30-31,35H,8-11,16-17H2,1-3H3. The lowest BCUT2D eigenvalue weighted by atomic mass is 9.94. The number of aliphatic hydroxyl groups is 1. The smallest absolute Gasteiger partial charge is 0.279 e. The minimum absolute atomic E-state index is 0.0262. The van der Waals surface area contributed by atoms with Gasteiger partial charge in [0.2, 0.25) is 10.0 Å². The molecule has 3 N–H and O–H groups in total. The molecule has 0 aliphatic carbocycles. The summed E-state index contributed by atoms with van der Waals surface area (Å²) in [5.74, 6) is -0.629. The summed E-state index contributed by atoms with van der Waals surface area (Å²) in [4.78, 5) is 31.7. The maximum absolute atomic E-state index is 14.0. The molecule has 15 nitrogen and oxygen atoms in total. The number of likely N-dealkylation sites (N-methyl/N-ethyl adjacent to an activating group) is 1. The van der Waals surface area contributed by atoms with Crippen LogP contribution in [0.2, 0.25) is 0 Å². The number of nitro benzene ring substituents is 1. The first-order chi connectivity index (χ1) is 21.7. The first-order valence-electron chi connectivity index (χ1n) is 14.1. The highest BCUT2D eigenvalue weighted by Gasteiger charge is 2.38. The minimum Gasteiger partial charge on any atom is -0.492 e. The van der Waals surface area contributed by atoms with Crippen molar-refractivity contribution in [3.8, 4) is 5.75 Å². The SMILES string of the molecule is CN(C)CCOc1ccc2[nH]c(C(=O)N3CC(COS(C)(=O)=O)c4c3cc([N+](=O)[O-])c3cc(S(=O)(=O)NCCO)ccc43)cc2c1. The van der Waals surface area contributed by atoms with Gasteiger partial charge in [0.15, 0.2) is 0 Å². The van der Waals surface area contributed by atoms with Crippen molar-refractivity contribution in [2.75, 3.05) is 64.7 Å². The molecule has 0 saturated carbocycles. The third-order valence-electron chi connectivity index (χ3n) is 7.48. The van der Waals surface area contributed by atoms with E-state index >= 15 is 0 Å². The van der Waals surface area contributed by atoms with Gasteiger partial charge in [-0.15, -0.1) is 0 Å². The van der Waals surface area contributed by atoms with Crippen molar-refractivity contribution in [1.82, 2.24) is 14.6 Å². The van der Waals surface area contributed by atoms with Crippen LogP contribution in [0.3, 0.4) is 0 Å². The molecule has 1 aromatic heterocycles. The Morgan fingerprint density at radius 3 is 2.57 bits per heavy atom. The molecule has 0 fully saturated rings. The van der Waals surface area contributed by atoms with Crippen LogP contribution in [0.4, 0.5) is 11.4 Å². The number of fused-ring (bicyclic) bond motifs is 4. The van der Waals surface area contributed by atoms with Gasteiger partial charge in [0.05, 0.1) is 40.4 Å². The number of rotatable bonds is 13. The van der Waals surface area contributed by atoms with Crippen LogP contribution in [-0.2, 0) is 24.3 Å². The molecule has 3 aromatic carbocycles. The van der Waals surface area contributed by atoms with Crippen LogP contribution in [0, 0.1) is 10.1 Å². The second-order valence-corrected chi connectivity index (χ2v) is 14.5.